The molecule has 0 spiro atoms. The number of hydrogen-bond donors (Lipinski definition) is 0. The van der Waals surface area contributed by atoms with E-state index in [0.717, 1.165) is 12.8 Å². The minimum absolute atomic E-state index is 0.0104. The minimum atomic E-state index is -0.0104. The van der Waals surface area contributed by atoms with Crippen LogP contribution in [0.15, 0.2) is 0 Å². The van der Waals surface area contributed by atoms with Gasteiger partial charge in [-0.05, 0) is 11.2 Å². The van der Waals surface area contributed by atoms with Crippen molar-refractivity contribution in [3.05, 3.63) is 0 Å². The van der Waals surface area contributed by atoms with Crippen LogP contribution in [-0.4, -0.2) is 7.85 Å². The lowest BCUT2D eigenvalue weighted by molar-refractivity contribution is 0.680. The molecule has 1 rings (SSSR count). The van der Waals surface area contributed by atoms with Crippen molar-refractivity contribution in [2.45, 2.75) is 32.0 Å². The van der Waals surface area contributed by atoms with Crippen LogP contribution in [0.4, 0.5) is 0 Å². The summed E-state index contributed by atoms with van der Waals surface area (Å²) < 4.78 is 0. The summed E-state index contributed by atoms with van der Waals surface area (Å²) in [5.74, 6) is 3.69. The first-order valence-corrected chi connectivity index (χ1v) is 3.95. The van der Waals surface area contributed by atoms with Crippen molar-refractivity contribution in [3.8, 4) is 12.3 Å². The maximum Gasteiger partial charge on any atom is 0.0767 e. The maximum atomic E-state index is 6.01. The summed E-state index contributed by atoms with van der Waals surface area (Å²) in [5, 5.41) is -0.0104. The third kappa shape index (κ3) is 0.787. The molecule has 0 N–H and O–H groups in total. The van der Waals surface area contributed by atoms with Crippen molar-refractivity contribution in [1.82, 2.24) is 0 Å². The molecule has 0 aliphatic heterocycles. The van der Waals surface area contributed by atoms with E-state index in [4.69, 9.17) is 14.3 Å². The summed E-state index contributed by atoms with van der Waals surface area (Å²) in [6, 6.07) is 0. The second-order valence-electron chi connectivity index (χ2n) is 3.13. The van der Waals surface area contributed by atoms with Crippen LogP contribution in [0.25, 0.3) is 0 Å². The fourth-order valence-corrected chi connectivity index (χ4v) is 1.91. The Morgan fingerprint density at radius 1 is 1.60 bits per heavy atom. The van der Waals surface area contributed by atoms with Crippen molar-refractivity contribution < 1.29 is 0 Å². The Bertz CT molecular complexity index is 168. The Morgan fingerprint density at radius 2 is 2.20 bits per heavy atom. The molecule has 0 aromatic carbocycles. The number of hydrogen-bond acceptors (Lipinski definition) is 0. The Kier molecular flexibility index (Phi) is 1.81. The fourth-order valence-electron chi connectivity index (χ4n) is 1.91. The zero-order chi connectivity index (χ0) is 7.78. The first-order chi connectivity index (χ1) is 4.70. The molecule has 1 aliphatic rings. The zero-order valence-corrected chi connectivity index (χ0v) is 6.72. The molecule has 1 aliphatic carbocycles. The smallest absolute Gasteiger partial charge is 0.0767 e. The van der Waals surface area contributed by atoms with E-state index in [-0.39, 0.29) is 5.31 Å². The molecule has 0 bridgehead atoms. The third-order valence-corrected chi connectivity index (χ3v) is 2.79. The summed E-state index contributed by atoms with van der Waals surface area (Å²) in [7, 11) is 6.01. The highest BCUT2D eigenvalue weighted by Crippen LogP contribution is 2.66. The molecular weight excluding hydrogens is 119 g/mol. The van der Waals surface area contributed by atoms with Gasteiger partial charge in [-0.15, -0.1) is 12.3 Å². The van der Waals surface area contributed by atoms with Gasteiger partial charge in [0.15, 0.2) is 0 Å². The standard InChI is InChI=1S/C9H13B/c1-4-7-8(5-2)9(7,10)6-3/h1,7-8H,5-6H2,2-3H3. The maximum absolute atomic E-state index is 6.01. The molecule has 0 heterocycles. The van der Waals surface area contributed by atoms with Crippen molar-refractivity contribution in [2.24, 2.45) is 11.8 Å². The normalized spacial score (nSPS) is 44.5. The van der Waals surface area contributed by atoms with Crippen LogP contribution in [0.5, 0.6) is 0 Å². The summed E-state index contributed by atoms with van der Waals surface area (Å²) in [6.07, 6.45) is 7.46. The molecule has 2 radical (unpaired) electrons. The van der Waals surface area contributed by atoms with Crippen molar-refractivity contribution in [2.75, 3.05) is 0 Å². The molecule has 3 atom stereocenters. The second-order valence-corrected chi connectivity index (χ2v) is 3.13. The fraction of sp³-hybridized carbons (Fsp3) is 0.778. The van der Waals surface area contributed by atoms with Gasteiger partial charge < -0.3 is 0 Å². The van der Waals surface area contributed by atoms with Crippen LogP contribution in [0.3, 0.4) is 0 Å². The van der Waals surface area contributed by atoms with E-state index in [1.807, 2.05) is 0 Å². The lowest BCUT2D eigenvalue weighted by atomic mass is 9.77. The van der Waals surface area contributed by atoms with Gasteiger partial charge in [0.25, 0.3) is 0 Å². The van der Waals surface area contributed by atoms with Gasteiger partial charge in [0.2, 0.25) is 0 Å². The topological polar surface area (TPSA) is 0 Å². The molecule has 1 heteroatoms. The Labute approximate surface area is 64.8 Å². The van der Waals surface area contributed by atoms with Crippen molar-refractivity contribution >= 4 is 7.85 Å². The summed E-state index contributed by atoms with van der Waals surface area (Å²) in [4.78, 5) is 0. The van der Waals surface area contributed by atoms with E-state index < -0.39 is 0 Å². The van der Waals surface area contributed by atoms with E-state index in [0.29, 0.717) is 11.8 Å². The van der Waals surface area contributed by atoms with Gasteiger partial charge in [0.1, 0.15) is 0 Å². The highest BCUT2D eigenvalue weighted by molar-refractivity contribution is 6.18. The first-order valence-electron chi connectivity index (χ1n) is 3.95. The predicted molar refractivity (Wildman–Crippen MR) is 44.8 cm³/mol. The molecular formula is C9H13B. The largest absolute Gasteiger partial charge is 0.120 e. The predicted octanol–water partition coefficient (Wildman–Crippen LogP) is 2.01. The molecule has 1 saturated carbocycles. The van der Waals surface area contributed by atoms with Crippen molar-refractivity contribution in [1.29, 1.82) is 0 Å². The van der Waals surface area contributed by atoms with E-state index in [9.17, 15) is 0 Å². The average Bonchev–Trinajstić information content (AvgIpc) is 2.56. The zero-order valence-electron chi connectivity index (χ0n) is 6.72. The number of rotatable bonds is 2. The summed E-state index contributed by atoms with van der Waals surface area (Å²) in [6.45, 7) is 4.26. The van der Waals surface area contributed by atoms with Crippen LogP contribution in [0.1, 0.15) is 26.7 Å². The van der Waals surface area contributed by atoms with Gasteiger partial charge >= 0.3 is 0 Å². The van der Waals surface area contributed by atoms with Crippen LogP contribution >= 0.6 is 0 Å². The third-order valence-electron chi connectivity index (χ3n) is 2.79. The first kappa shape index (κ1) is 7.73. The second kappa shape index (κ2) is 2.34. The molecule has 0 nitrogen and oxygen atoms in total. The molecule has 0 aromatic heterocycles. The average molecular weight is 132 g/mol. The van der Waals surface area contributed by atoms with E-state index >= 15 is 0 Å². The molecule has 3 unspecified atom stereocenters. The van der Waals surface area contributed by atoms with Crippen molar-refractivity contribution in [3.63, 3.8) is 0 Å². The van der Waals surface area contributed by atoms with Crippen LogP contribution in [-0.2, 0) is 0 Å². The highest BCUT2D eigenvalue weighted by Gasteiger charge is 2.56. The lowest BCUT2D eigenvalue weighted by Gasteiger charge is -2.04. The molecule has 0 amide bonds. The highest BCUT2D eigenvalue weighted by atomic mass is 14.6. The lowest BCUT2D eigenvalue weighted by Crippen LogP contribution is -1.92. The van der Waals surface area contributed by atoms with E-state index in [1.54, 1.807) is 0 Å². The van der Waals surface area contributed by atoms with Gasteiger partial charge in [-0.25, -0.2) is 0 Å². The van der Waals surface area contributed by atoms with Crippen LogP contribution < -0.4 is 0 Å². The molecule has 1 fully saturated rings. The van der Waals surface area contributed by atoms with Gasteiger partial charge in [-0.3, -0.25) is 0 Å². The summed E-state index contributed by atoms with van der Waals surface area (Å²) >= 11 is 0. The Balaban J connectivity index is 2.61. The van der Waals surface area contributed by atoms with Crippen LogP contribution in [0, 0.1) is 24.2 Å². The Morgan fingerprint density at radius 3 is 2.30 bits per heavy atom. The Hall–Kier alpha value is -0.375. The van der Waals surface area contributed by atoms with Gasteiger partial charge in [-0.1, -0.05) is 26.7 Å². The van der Waals surface area contributed by atoms with E-state index in [1.165, 1.54) is 0 Å². The minimum Gasteiger partial charge on any atom is -0.120 e. The SMILES string of the molecule is [B]C1(CC)C(C#C)C1CC. The molecule has 0 saturated heterocycles. The van der Waals surface area contributed by atoms with Crippen LogP contribution in [0.2, 0.25) is 5.31 Å². The summed E-state index contributed by atoms with van der Waals surface area (Å²) in [5.41, 5.74) is 0. The van der Waals surface area contributed by atoms with Gasteiger partial charge in [-0.2, -0.15) is 0 Å². The monoisotopic (exact) mass is 132 g/mol. The van der Waals surface area contributed by atoms with E-state index in [2.05, 4.69) is 19.8 Å². The molecule has 10 heavy (non-hydrogen) atoms. The number of terminal acetylenes is 1. The van der Waals surface area contributed by atoms with Gasteiger partial charge in [0.05, 0.1) is 7.85 Å². The molecule has 52 valence electrons. The van der Waals surface area contributed by atoms with Gasteiger partial charge in [0, 0.05) is 5.92 Å². The molecule has 0 aromatic rings. The quantitative estimate of drug-likeness (QED) is 0.398.